The second-order valence-corrected chi connectivity index (χ2v) is 9.84. The molecule has 1 unspecified atom stereocenters. The summed E-state index contributed by atoms with van der Waals surface area (Å²) < 4.78 is 38.1. The number of sulfonamides is 1. The molecule has 1 aliphatic rings. The normalized spacial score (nSPS) is 17.2. The number of rotatable bonds is 7. The van der Waals surface area contributed by atoms with E-state index in [2.05, 4.69) is 0 Å². The third-order valence-electron chi connectivity index (χ3n) is 5.64. The van der Waals surface area contributed by atoms with Gasteiger partial charge in [0, 0.05) is 26.7 Å². The minimum absolute atomic E-state index is 0.0569. The lowest BCUT2D eigenvalue weighted by Gasteiger charge is -2.33. The van der Waals surface area contributed by atoms with Crippen LogP contribution in [0.25, 0.3) is 0 Å². The van der Waals surface area contributed by atoms with E-state index in [9.17, 15) is 13.2 Å². The molecule has 1 saturated heterocycles. The van der Waals surface area contributed by atoms with Crippen LogP contribution in [0.4, 0.5) is 0 Å². The molecule has 31 heavy (non-hydrogen) atoms. The zero-order valence-electron chi connectivity index (χ0n) is 18.5. The first-order valence-electron chi connectivity index (χ1n) is 10.3. The van der Waals surface area contributed by atoms with Crippen molar-refractivity contribution in [2.24, 2.45) is 5.92 Å². The number of carbonyl (C=O) groups is 1. The van der Waals surface area contributed by atoms with Crippen molar-refractivity contribution in [1.29, 1.82) is 0 Å². The van der Waals surface area contributed by atoms with Gasteiger partial charge in [-0.2, -0.15) is 4.31 Å². The van der Waals surface area contributed by atoms with Gasteiger partial charge in [0.2, 0.25) is 15.9 Å². The van der Waals surface area contributed by atoms with E-state index in [1.54, 1.807) is 50.4 Å². The number of ether oxygens (including phenoxy) is 2. The van der Waals surface area contributed by atoms with E-state index in [0.29, 0.717) is 37.4 Å². The fraction of sp³-hybridized carbons (Fsp3) is 0.435. The Labute approximate surface area is 184 Å². The maximum Gasteiger partial charge on any atom is 0.243 e. The summed E-state index contributed by atoms with van der Waals surface area (Å²) in [5.74, 6) is 0.816. The second-order valence-electron chi connectivity index (χ2n) is 7.90. The number of benzene rings is 2. The van der Waals surface area contributed by atoms with Crippen LogP contribution in [0.3, 0.4) is 0 Å². The van der Waals surface area contributed by atoms with Crippen molar-refractivity contribution in [3.05, 3.63) is 53.6 Å². The van der Waals surface area contributed by atoms with Gasteiger partial charge in [-0.05, 0) is 49.6 Å². The number of methoxy groups -OCH3 is 2. The van der Waals surface area contributed by atoms with E-state index >= 15 is 0 Å². The number of hydrogen-bond acceptors (Lipinski definition) is 5. The summed E-state index contributed by atoms with van der Waals surface area (Å²) in [6, 6.07) is 12.4. The van der Waals surface area contributed by atoms with E-state index in [1.807, 2.05) is 25.1 Å². The summed E-state index contributed by atoms with van der Waals surface area (Å²) in [6.45, 7) is 2.95. The molecule has 0 aromatic heterocycles. The Balaban J connectivity index is 1.69. The molecule has 7 nitrogen and oxygen atoms in total. The van der Waals surface area contributed by atoms with Crippen LogP contribution in [0.15, 0.2) is 47.4 Å². The summed E-state index contributed by atoms with van der Waals surface area (Å²) in [5.41, 5.74) is 1.91. The quantitative estimate of drug-likeness (QED) is 0.653. The first-order valence-corrected chi connectivity index (χ1v) is 11.7. The highest BCUT2D eigenvalue weighted by Gasteiger charge is 2.34. The Hall–Kier alpha value is -2.58. The fourth-order valence-electron chi connectivity index (χ4n) is 3.86. The van der Waals surface area contributed by atoms with Gasteiger partial charge in [0.15, 0.2) is 11.5 Å². The average Bonchev–Trinajstić information content (AvgIpc) is 2.78. The lowest BCUT2D eigenvalue weighted by atomic mass is 9.98. The molecule has 0 bridgehead atoms. The summed E-state index contributed by atoms with van der Waals surface area (Å²) in [7, 11) is 1.28. The lowest BCUT2D eigenvalue weighted by molar-refractivity contribution is -0.135. The van der Waals surface area contributed by atoms with Gasteiger partial charge in [0.05, 0.1) is 25.0 Å². The topological polar surface area (TPSA) is 76.2 Å². The second kappa shape index (κ2) is 9.70. The van der Waals surface area contributed by atoms with E-state index in [4.69, 9.17) is 9.47 Å². The molecular weight excluding hydrogens is 416 g/mol. The zero-order chi connectivity index (χ0) is 22.6. The molecule has 0 radical (unpaired) electrons. The van der Waals surface area contributed by atoms with Crippen LogP contribution in [0.5, 0.6) is 11.5 Å². The Morgan fingerprint density at radius 2 is 1.77 bits per heavy atom. The predicted molar refractivity (Wildman–Crippen MR) is 119 cm³/mol. The molecule has 1 fully saturated rings. The minimum Gasteiger partial charge on any atom is -0.493 e. The van der Waals surface area contributed by atoms with E-state index in [-0.39, 0.29) is 23.3 Å². The van der Waals surface area contributed by atoms with Crippen molar-refractivity contribution < 1.29 is 22.7 Å². The lowest BCUT2D eigenvalue weighted by Crippen LogP contribution is -2.45. The van der Waals surface area contributed by atoms with Crippen LogP contribution in [0.2, 0.25) is 0 Å². The van der Waals surface area contributed by atoms with Gasteiger partial charge in [-0.1, -0.05) is 23.8 Å². The zero-order valence-corrected chi connectivity index (χ0v) is 19.3. The SMILES string of the molecule is COc1ccc(CN(C)C(=O)C2CCCN(S(=O)(=O)c3ccc(C)cc3)C2)cc1OC. The monoisotopic (exact) mass is 446 g/mol. The van der Waals surface area contributed by atoms with E-state index in [1.165, 1.54) is 4.31 Å². The third-order valence-corrected chi connectivity index (χ3v) is 7.52. The Bertz CT molecular complexity index is 1020. The summed E-state index contributed by atoms with van der Waals surface area (Å²) in [6.07, 6.45) is 1.33. The molecule has 1 atom stereocenters. The standard InChI is InChI=1S/C23H30N2O5S/c1-17-7-10-20(11-8-17)31(27,28)25-13-5-6-19(16-25)23(26)24(2)15-18-9-12-21(29-3)22(14-18)30-4/h7-12,14,19H,5-6,13,15-16H2,1-4H3. The molecule has 1 amide bonds. The molecule has 1 heterocycles. The van der Waals surface area contributed by atoms with Crippen LogP contribution < -0.4 is 9.47 Å². The Morgan fingerprint density at radius 1 is 1.10 bits per heavy atom. The van der Waals surface area contributed by atoms with Gasteiger partial charge in [-0.3, -0.25) is 4.79 Å². The number of hydrogen-bond donors (Lipinski definition) is 0. The van der Waals surface area contributed by atoms with Crippen molar-refractivity contribution in [3.63, 3.8) is 0 Å². The summed E-state index contributed by atoms with van der Waals surface area (Å²) in [4.78, 5) is 15.0. The van der Waals surface area contributed by atoms with Crippen molar-refractivity contribution >= 4 is 15.9 Å². The highest BCUT2D eigenvalue weighted by Crippen LogP contribution is 2.29. The molecule has 0 saturated carbocycles. The highest BCUT2D eigenvalue weighted by atomic mass is 32.2. The molecule has 2 aromatic rings. The van der Waals surface area contributed by atoms with Gasteiger partial charge in [0.25, 0.3) is 0 Å². The molecule has 0 N–H and O–H groups in total. The fourth-order valence-corrected chi connectivity index (χ4v) is 5.39. The number of aryl methyl sites for hydroxylation is 1. The molecule has 3 rings (SSSR count). The van der Waals surface area contributed by atoms with Crippen molar-refractivity contribution in [2.75, 3.05) is 34.4 Å². The molecule has 8 heteroatoms. The number of amides is 1. The number of carbonyl (C=O) groups excluding carboxylic acids is 1. The van der Waals surface area contributed by atoms with Gasteiger partial charge in [-0.25, -0.2) is 8.42 Å². The highest BCUT2D eigenvalue weighted by molar-refractivity contribution is 7.89. The average molecular weight is 447 g/mol. The predicted octanol–water partition coefficient (Wildman–Crippen LogP) is 3.07. The van der Waals surface area contributed by atoms with Gasteiger partial charge < -0.3 is 14.4 Å². The van der Waals surface area contributed by atoms with Crippen molar-refractivity contribution in [3.8, 4) is 11.5 Å². The molecular formula is C23H30N2O5S. The summed E-state index contributed by atoms with van der Waals surface area (Å²) >= 11 is 0. The maximum absolute atomic E-state index is 13.1. The molecule has 0 aliphatic carbocycles. The summed E-state index contributed by atoms with van der Waals surface area (Å²) in [5, 5.41) is 0. The van der Waals surface area contributed by atoms with Gasteiger partial charge in [-0.15, -0.1) is 0 Å². The first-order chi connectivity index (χ1) is 14.8. The molecule has 1 aliphatic heterocycles. The van der Waals surface area contributed by atoms with E-state index < -0.39 is 10.0 Å². The van der Waals surface area contributed by atoms with Crippen LogP contribution >= 0.6 is 0 Å². The molecule has 2 aromatic carbocycles. The van der Waals surface area contributed by atoms with Crippen LogP contribution in [-0.4, -0.2) is 57.9 Å². The number of piperidine rings is 1. The van der Waals surface area contributed by atoms with Crippen molar-refractivity contribution in [1.82, 2.24) is 9.21 Å². The van der Waals surface area contributed by atoms with Crippen LogP contribution in [-0.2, 0) is 21.4 Å². The minimum atomic E-state index is -3.61. The number of nitrogens with zero attached hydrogens (tertiary/aromatic N) is 2. The Morgan fingerprint density at radius 3 is 2.42 bits per heavy atom. The van der Waals surface area contributed by atoms with Crippen LogP contribution in [0, 0.1) is 12.8 Å². The van der Waals surface area contributed by atoms with Gasteiger partial charge >= 0.3 is 0 Å². The Kier molecular flexibility index (Phi) is 7.23. The largest absolute Gasteiger partial charge is 0.493 e. The molecule has 168 valence electrons. The van der Waals surface area contributed by atoms with Crippen LogP contribution in [0.1, 0.15) is 24.0 Å². The first kappa shape index (κ1) is 23.1. The molecule has 0 spiro atoms. The van der Waals surface area contributed by atoms with Gasteiger partial charge in [0.1, 0.15) is 0 Å². The maximum atomic E-state index is 13.1. The van der Waals surface area contributed by atoms with Crippen molar-refractivity contribution in [2.45, 2.75) is 31.2 Å². The third kappa shape index (κ3) is 5.19. The van der Waals surface area contributed by atoms with E-state index in [0.717, 1.165) is 11.1 Å². The smallest absolute Gasteiger partial charge is 0.243 e.